The van der Waals surface area contributed by atoms with E-state index in [0.29, 0.717) is 10.8 Å². The summed E-state index contributed by atoms with van der Waals surface area (Å²) in [4.78, 5) is 11.5. The summed E-state index contributed by atoms with van der Waals surface area (Å²) in [5, 5.41) is 4.47. The maximum Gasteiger partial charge on any atom is 0.277 e. The van der Waals surface area contributed by atoms with Gasteiger partial charge in [0.25, 0.3) is 5.91 Å². The first-order chi connectivity index (χ1) is 9.65. The molecular weight excluding hydrogens is 278 g/mol. The number of ether oxygens (including phenoxy) is 1. The molecule has 0 radical (unpaired) electrons. The number of hydrogen-bond donors (Lipinski definition) is 1. The summed E-state index contributed by atoms with van der Waals surface area (Å²) in [7, 11) is 1.90. The van der Waals surface area contributed by atoms with Crippen molar-refractivity contribution in [2.75, 3.05) is 6.61 Å². The zero-order valence-electron chi connectivity index (χ0n) is 10.9. The molecule has 0 bridgehead atoms. The van der Waals surface area contributed by atoms with Gasteiger partial charge in [0.15, 0.2) is 6.61 Å². The quantitative estimate of drug-likeness (QED) is 0.678. The van der Waals surface area contributed by atoms with Crippen molar-refractivity contribution in [1.82, 2.24) is 9.99 Å². The lowest BCUT2D eigenvalue weighted by Gasteiger charge is -2.04. The molecule has 20 heavy (non-hydrogen) atoms. The molecule has 0 atom stereocenters. The van der Waals surface area contributed by atoms with E-state index in [9.17, 15) is 4.79 Å². The van der Waals surface area contributed by atoms with Gasteiger partial charge in [0.1, 0.15) is 5.75 Å². The standard InChI is InChI=1S/C14H14ClN3O2/c1-18-8-2-3-12(18)9-16-17-14(19)10-20-13-6-4-11(15)5-7-13/h2-9H,10H2,1H3,(H,17,19). The van der Waals surface area contributed by atoms with Crippen LogP contribution in [0.5, 0.6) is 5.75 Å². The Labute approximate surface area is 121 Å². The first-order valence-corrected chi connectivity index (χ1v) is 6.34. The maximum atomic E-state index is 11.5. The molecule has 2 rings (SSSR count). The largest absolute Gasteiger partial charge is 0.484 e. The molecule has 0 spiro atoms. The minimum absolute atomic E-state index is 0.105. The predicted molar refractivity (Wildman–Crippen MR) is 78.1 cm³/mol. The van der Waals surface area contributed by atoms with Gasteiger partial charge in [-0.2, -0.15) is 5.10 Å². The summed E-state index contributed by atoms with van der Waals surface area (Å²) in [6.07, 6.45) is 3.47. The van der Waals surface area contributed by atoms with Crippen molar-refractivity contribution in [2.45, 2.75) is 0 Å². The van der Waals surface area contributed by atoms with Crippen LogP contribution in [0.1, 0.15) is 5.69 Å². The molecule has 6 heteroatoms. The molecule has 1 heterocycles. The number of halogens is 1. The molecular formula is C14H14ClN3O2. The molecule has 1 aromatic carbocycles. The average Bonchev–Trinajstić information content (AvgIpc) is 2.84. The van der Waals surface area contributed by atoms with Crippen LogP contribution < -0.4 is 10.2 Å². The zero-order chi connectivity index (χ0) is 14.4. The number of benzene rings is 1. The Hall–Kier alpha value is -2.27. The number of aromatic nitrogens is 1. The van der Waals surface area contributed by atoms with E-state index in [-0.39, 0.29) is 12.5 Å². The van der Waals surface area contributed by atoms with Crippen molar-refractivity contribution in [3.8, 4) is 5.75 Å². The summed E-state index contributed by atoms with van der Waals surface area (Å²) in [6, 6.07) is 10.6. The summed E-state index contributed by atoms with van der Waals surface area (Å²) in [5.41, 5.74) is 3.29. The monoisotopic (exact) mass is 291 g/mol. The van der Waals surface area contributed by atoms with Gasteiger partial charge in [-0.05, 0) is 36.4 Å². The van der Waals surface area contributed by atoms with Crippen molar-refractivity contribution < 1.29 is 9.53 Å². The topological polar surface area (TPSA) is 55.6 Å². The second-order valence-corrected chi connectivity index (χ2v) is 4.52. The molecule has 0 aliphatic carbocycles. The van der Waals surface area contributed by atoms with Gasteiger partial charge >= 0.3 is 0 Å². The average molecular weight is 292 g/mol. The lowest BCUT2D eigenvalue weighted by Crippen LogP contribution is -2.24. The smallest absolute Gasteiger partial charge is 0.277 e. The molecule has 1 aromatic heterocycles. The molecule has 5 nitrogen and oxygen atoms in total. The van der Waals surface area contributed by atoms with Crippen molar-refractivity contribution in [2.24, 2.45) is 12.1 Å². The lowest BCUT2D eigenvalue weighted by atomic mass is 10.3. The summed E-state index contributed by atoms with van der Waals surface area (Å²) in [6.45, 7) is -0.105. The van der Waals surface area contributed by atoms with E-state index >= 15 is 0 Å². The van der Waals surface area contributed by atoms with Gasteiger partial charge in [0, 0.05) is 18.3 Å². The van der Waals surface area contributed by atoms with Crippen LogP contribution in [0.3, 0.4) is 0 Å². The second kappa shape index (κ2) is 6.77. The summed E-state index contributed by atoms with van der Waals surface area (Å²) >= 11 is 5.75. The van der Waals surface area contributed by atoms with E-state index in [1.807, 2.05) is 29.9 Å². The van der Waals surface area contributed by atoms with E-state index in [1.165, 1.54) is 0 Å². The first kappa shape index (κ1) is 14.1. The minimum Gasteiger partial charge on any atom is -0.484 e. The van der Waals surface area contributed by atoms with E-state index < -0.39 is 0 Å². The third kappa shape index (κ3) is 4.13. The molecule has 2 aromatic rings. The van der Waals surface area contributed by atoms with Gasteiger partial charge in [0.05, 0.1) is 11.9 Å². The minimum atomic E-state index is -0.328. The summed E-state index contributed by atoms with van der Waals surface area (Å²) < 4.78 is 7.17. The fourth-order valence-corrected chi connectivity index (χ4v) is 1.62. The van der Waals surface area contributed by atoms with Crippen LogP contribution in [0.15, 0.2) is 47.7 Å². The number of amides is 1. The van der Waals surface area contributed by atoms with Crippen LogP contribution in [-0.4, -0.2) is 23.3 Å². The number of rotatable bonds is 5. The van der Waals surface area contributed by atoms with E-state index in [4.69, 9.17) is 16.3 Å². The Bertz CT molecular complexity index is 605. The molecule has 0 aliphatic heterocycles. The fraction of sp³-hybridized carbons (Fsp3) is 0.143. The molecule has 1 amide bonds. The number of aryl methyl sites for hydroxylation is 1. The van der Waals surface area contributed by atoms with Crippen LogP contribution >= 0.6 is 11.6 Å². The molecule has 104 valence electrons. The highest BCUT2D eigenvalue weighted by atomic mass is 35.5. The normalized spacial score (nSPS) is 10.7. The Balaban J connectivity index is 1.77. The van der Waals surface area contributed by atoms with Crippen LogP contribution in [0.2, 0.25) is 5.02 Å². The van der Waals surface area contributed by atoms with Gasteiger partial charge in [-0.1, -0.05) is 11.6 Å². The molecule has 0 fully saturated rings. The second-order valence-electron chi connectivity index (χ2n) is 4.08. The van der Waals surface area contributed by atoms with E-state index in [1.54, 1.807) is 30.5 Å². The van der Waals surface area contributed by atoms with Crippen molar-refractivity contribution in [3.63, 3.8) is 0 Å². The highest BCUT2D eigenvalue weighted by Gasteiger charge is 2.01. The SMILES string of the molecule is Cn1cccc1C=NNC(=O)COc1ccc(Cl)cc1. The third-order valence-electron chi connectivity index (χ3n) is 2.55. The summed E-state index contributed by atoms with van der Waals surface area (Å²) in [5.74, 6) is 0.251. The number of nitrogens with one attached hydrogen (secondary N) is 1. The first-order valence-electron chi connectivity index (χ1n) is 5.97. The van der Waals surface area contributed by atoms with Gasteiger partial charge in [0.2, 0.25) is 0 Å². The Kier molecular flexibility index (Phi) is 4.79. The molecule has 0 saturated carbocycles. The number of hydrazone groups is 1. The zero-order valence-corrected chi connectivity index (χ0v) is 11.7. The predicted octanol–water partition coefficient (Wildman–Crippen LogP) is 2.21. The van der Waals surface area contributed by atoms with Crippen LogP contribution in [0, 0.1) is 0 Å². The maximum absolute atomic E-state index is 11.5. The highest BCUT2D eigenvalue weighted by Crippen LogP contribution is 2.15. The third-order valence-corrected chi connectivity index (χ3v) is 2.81. The fourth-order valence-electron chi connectivity index (χ4n) is 1.49. The van der Waals surface area contributed by atoms with Crippen LogP contribution in [0.25, 0.3) is 0 Å². The van der Waals surface area contributed by atoms with Gasteiger partial charge < -0.3 is 9.30 Å². The van der Waals surface area contributed by atoms with Gasteiger partial charge in [-0.15, -0.1) is 0 Å². The van der Waals surface area contributed by atoms with E-state index in [2.05, 4.69) is 10.5 Å². The van der Waals surface area contributed by atoms with Crippen molar-refractivity contribution in [1.29, 1.82) is 0 Å². The number of nitrogens with zero attached hydrogens (tertiary/aromatic N) is 2. The van der Waals surface area contributed by atoms with Crippen molar-refractivity contribution >= 4 is 23.7 Å². The van der Waals surface area contributed by atoms with E-state index in [0.717, 1.165) is 5.69 Å². The van der Waals surface area contributed by atoms with Crippen LogP contribution in [0.4, 0.5) is 0 Å². The molecule has 0 unspecified atom stereocenters. The van der Waals surface area contributed by atoms with Gasteiger partial charge in [-0.3, -0.25) is 4.79 Å². The van der Waals surface area contributed by atoms with Crippen molar-refractivity contribution in [3.05, 3.63) is 53.3 Å². The Morgan fingerprint density at radius 3 is 2.80 bits per heavy atom. The highest BCUT2D eigenvalue weighted by molar-refractivity contribution is 6.30. The lowest BCUT2D eigenvalue weighted by molar-refractivity contribution is -0.123. The van der Waals surface area contributed by atoms with Gasteiger partial charge in [-0.25, -0.2) is 5.43 Å². The molecule has 0 aliphatic rings. The number of hydrogen-bond acceptors (Lipinski definition) is 3. The molecule has 0 saturated heterocycles. The number of carbonyl (C=O) groups excluding carboxylic acids is 1. The Morgan fingerprint density at radius 2 is 2.15 bits per heavy atom. The Morgan fingerprint density at radius 1 is 1.40 bits per heavy atom. The van der Waals surface area contributed by atoms with Crippen LogP contribution in [-0.2, 0) is 11.8 Å². The molecule has 1 N–H and O–H groups in total. The number of carbonyl (C=O) groups is 1.